The summed E-state index contributed by atoms with van der Waals surface area (Å²) in [5, 5.41) is 14.1. The fourth-order valence-electron chi connectivity index (χ4n) is 2.67. The summed E-state index contributed by atoms with van der Waals surface area (Å²) in [6, 6.07) is 3.80. The van der Waals surface area contributed by atoms with E-state index in [9.17, 15) is 5.11 Å². The van der Waals surface area contributed by atoms with Gasteiger partial charge >= 0.3 is 0 Å². The Morgan fingerprint density at radius 2 is 2.29 bits per heavy atom. The molecule has 4 nitrogen and oxygen atoms in total. The van der Waals surface area contributed by atoms with Crippen molar-refractivity contribution < 1.29 is 9.63 Å². The Labute approximate surface area is 99.9 Å². The molecular weight excluding hydrogens is 216 g/mol. The second-order valence-corrected chi connectivity index (χ2v) is 5.51. The van der Waals surface area contributed by atoms with Crippen LogP contribution in [-0.2, 0) is 6.42 Å². The third kappa shape index (κ3) is 1.69. The van der Waals surface area contributed by atoms with E-state index >= 15 is 0 Å². The van der Waals surface area contributed by atoms with Gasteiger partial charge in [0.2, 0.25) is 0 Å². The smallest absolute Gasteiger partial charge is 0.180 e. The number of hydrogen-bond acceptors (Lipinski definition) is 3. The lowest BCUT2D eigenvalue weighted by molar-refractivity contribution is 0.0986. The van der Waals surface area contributed by atoms with Crippen molar-refractivity contribution in [3.05, 3.63) is 35.9 Å². The first-order valence-corrected chi connectivity index (χ1v) is 5.86. The third-order valence-corrected chi connectivity index (χ3v) is 3.45. The predicted molar refractivity (Wildman–Crippen MR) is 62.9 cm³/mol. The van der Waals surface area contributed by atoms with Crippen LogP contribution in [0.2, 0.25) is 0 Å². The molecular formula is C13H16N2O2. The van der Waals surface area contributed by atoms with E-state index in [4.69, 9.17) is 4.52 Å². The van der Waals surface area contributed by atoms with E-state index in [0.717, 1.165) is 29.9 Å². The Hall–Kier alpha value is -1.55. The van der Waals surface area contributed by atoms with Crippen molar-refractivity contribution in [2.75, 3.05) is 0 Å². The Morgan fingerprint density at radius 3 is 3.00 bits per heavy atom. The van der Waals surface area contributed by atoms with Gasteiger partial charge in [-0.2, -0.15) is 0 Å². The number of fused-ring (bicyclic) bond motifs is 1. The van der Waals surface area contributed by atoms with Crippen LogP contribution >= 0.6 is 0 Å². The van der Waals surface area contributed by atoms with Gasteiger partial charge in [0, 0.05) is 23.5 Å². The quantitative estimate of drug-likeness (QED) is 0.821. The topological polar surface area (TPSA) is 51.2 Å². The van der Waals surface area contributed by atoms with E-state index in [1.54, 1.807) is 6.26 Å². The minimum Gasteiger partial charge on any atom is -0.388 e. The minimum atomic E-state index is -0.373. The molecule has 1 aliphatic carbocycles. The fraction of sp³-hybridized carbons (Fsp3) is 0.462. The molecule has 0 bridgehead atoms. The minimum absolute atomic E-state index is 0.117. The van der Waals surface area contributed by atoms with E-state index in [0.29, 0.717) is 0 Å². The molecule has 1 atom stereocenters. The van der Waals surface area contributed by atoms with Crippen molar-refractivity contribution in [3.63, 3.8) is 0 Å². The number of rotatable bonds is 1. The van der Waals surface area contributed by atoms with E-state index in [2.05, 4.69) is 19.0 Å². The lowest BCUT2D eigenvalue weighted by Gasteiger charge is -2.33. The fourth-order valence-corrected chi connectivity index (χ4v) is 2.67. The molecule has 1 N–H and O–H groups in total. The summed E-state index contributed by atoms with van der Waals surface area (Å²) in [4.78, 5) is 0. The maximum atomic E-state index is 10.2. The van der Waals surface area contributed by atoms with Gasteiger partial charge in [-0.1, -0.05) is 19.0 Å². The molecule has 2 aromatic rings. The highest BCUT2D eigenvalue weighted by Gasteiger charge is 2.33. The Balaban J connectivity index is 2.11. The first kappa shape index (κ1) is 10.6. The summed E-state index contributed by atoms with van der Waals surface area (Å²) >= 11 is 0. The van der Waals surface area contributed by atoms with Gasteiger partial charge in [0.25, 0.3) is 0 Å². The van der Waals surface area contributed by atoms with Crippen molar-refractivity contribution in [1.82, 2.24) is 9.72 Å². The van der Waals surface area contributed by atoms with Crippen LogP contribution in [0.3, 0.4) is 0 Å². The van der Waals surface area contributed by atoms with Crippen molar-refractivity contribution in [2.24, 2.45) is 5.41 Å². The van der Waals surface area contributed by atoms with Gasteiger partial charge in [-0.05, 0) is 24.3 Å². The molecule has 2 aromatic heterocycles. The standard InChI is InChI=1S/C13H16N2O2/c1-13(2)7-10-9(11(16)8-13)3-5-15(10)12-4-6-17-14-12/h3-6,11,16H,7-8H2,1-2H3. The molecule has 4 heteroatoms. The molecule has 1 aliphatic rings. The highest BCUT2D eigenvalue weighted by atomic mass is 16.5. The van der Waals surface area contributed by atoms with Crippen LogP contribution in [0.5, 0.6) is 0 Å². The Morgan fingerprint density at radius 1 is 1.47 bits per heavy atom. The number of nitrogens with zero attached hydrogens (tertiary/aromatic N) is 2. The van der Waals surface area contributed by atoms with Crippen molar-refractivity contribution >= 4 is 0 Å². The van der Waals surface area contributed by atoms with Crippen molar-refractivity contribution in [3.8, 4) is 5.82 Å². The summed E-state index contributed by atoms with van der Waals surface area (Å²) in [5.41, 5.74) is 2.28. The summed E-state index contributed by atoms with van der Waals surface area (Å²) in [6.07, 6.45) is 4.89. The largest absolute Gasteiger partial charge is 0.388 e. The molecule has 1 unspecified atom stereocenters. The zero-order valence-electron chi connectivity index (χ0n) is 10.1. The van der Waals surface area contributed by atoms with E-state index in [1.165, 1.54) is 0 Å². The highest BCUT2D eigenvalue weighted by Crippen LogP contribution is 2.41. The Bertz CT molecular complexity index is 526. The molecule has 3 rings (SSSR count). The maximum absolute atomic E-state index is 10.2. The molecule has 90 valence electrons. The number of aliphatic hydroxyl groups excluding tert-OH is 1. The molecule has 0 spiro atoms. The summed E-state index contributed by atoms with van der Waals surface area (Å²) in [7, 11) is 0. The van der Waals surface area contributed by atoms with Crippen LogP contribution in [-0.4, -0.2) is 14.8 Å². The van der Waals surface area contributed by atoms with Crippen LogP contribution in [0, 0.1) is 5.41 Å². The molecule has 0 fully saturated rings. The average Bonchev–Trinajstić information content (AvgIpc) is 2.82. The zero-order chi connectivity index (χ0) is 12.0. The molecule has 0 aromatic carbocycles. The van der Waals surface area contributed by atoms with E-state index in [-0.39, 0.29) is 11.5 Å². The van der Waals surface area contributed by atoms with Gasteiger partial charge in [-0.25, -0.2) is 0 Å². The second kappa shape index (κ2) is 3.47. The van der Waals surface area contributed by atoms with Crippen LogP contribution in [0.1, 0.15) is 37.6 Å². The van der Waals surface area contributed by atoms with E-state index < -0.39 is 0 Å². The van der Waals surface area contributed by atoms with Gasteiger partial charge in [0.1, 0.15) is 6.26 Å². The SMILES string of the molecule is CC1(C)Cc2c(ccn2-c2ccon2)C(O)C1. The molecule has 2 heterocycles. The molecule has 0 amide bonds. The maximum Gasteiger partial charge on any atom is 0.180 e. The second-order valence-electron chi connectivity index (χ2n) is 5.51. The lowest BCUT2D eigenvalue weighted by Crippen LogP contribution is -2.26. The summed E-state index contributed by atoms with van der Waals surface area (Å²) < 4.78 is 6.88. The third-order valence-electron chi connectivity index (χ3n) is 3.45. The molecule has 0 radical (unpaired) electrons. The Kier molecular flexibility index (Phi) is 2.16. The monoisotopic (exact) mass is 232 g/mol. The van der Waals surface area contributed by atoms with Crippen LogP contribution in [0.4, 0.5) is 0 Å². The van der Waals surface area contributed by atoms with Crippen molar-refractivity contribution in [1.29, 1.82) is 0 Å². The first-order chi connectivity index (χ1) is 8.07. The number of hydrogen-bond donors (Lipinski definition) is 1. The van der Waals surface area contributed by atoms with Gasteiger partial charge in [-0.3, -0.25) is 0 Å². The first-order valence-electron chi connectivity index (χ1n) is 5.86. The van der Waals surface area contributed by atoms with Crippen molar-refractivity contribution in [2.45, 2.75) is 32.8 Å². The molecule has 0 saturated carbocycles. The van der Waals surface area contributed by atoms with Crippen LogP contribution in [0.25, 0.3) is 5.82 Å². The van der Waals surface area contributed by atoms with E-state index in [1.807, 2.05) is 22.9 Å². The molecule has 0 saturated heterocycles. The molecule has 17 heavy (non-hydrogen) atoms. The van der Waals surface area contributed by atoms with Gasteiger partial charge in [-0.15, -0.1) is 0 Å². The number of aliphatic hydroxyl groups is 1. The lowest BCUT2D eigenvalue weighted by atomic mass is 9.75. The summed E-state index contributed by atoms with van der Waals surface area (Å²) in [5.74, 6) is 0.774. The highest BCUT2D eigenvalue weighted by molar-refractivity contribution is 5.35. The zero-order valence-corrected chi connectivity index (χ0v) is 10.1. The molecule has 0 aliphatic heterocycles. The average molecular weight is 232 g/mol. The van der Waals surface area contributed by atoms with Crippen LogP contribution < -0.4 is 0 Å². The summed E-state index contributed by atoms with van der Waals surface area (Å²) in [6.45, 7) is 4.36. The predicted octanol–water partition coefficient (Wildman–Crippen LogP) is 2.47. The number of aromatic nitrogens is 2. The normalized spacial score (nSPS) is 22.4. The van der Waals surface area contributed by atoms with Gasteiger partial charge < -0.3 is 14.2 Å². The van der Waals surface area contributed by atoms with Gasteiger partial charge in [0.15, 0.2) is 5.82 Å². The van der Waals surface area contributed by atoms with Crippen LogP contribution in [0.15, 0.2) is 29.1 Å². The van der Waals surface area contributed by atoms with Gasteiger partial charge in [0.05, 0.1) is 6.10 Å².